The topological polar surface area (TPSA) is 92.7 Å². The maximum absolute atomic E-state index is 11.5. The van der Waals surface area contributed by atoms with Crippen LogP contribution in [0.3, 0.4) is 0 Å². The van der Waals surface area contributed by atoms with Crippen molar-refractivity contribution >= 4 is 16.0 Å². The minimum absolute atomic E-state index is 0.138. The Kier molecular flexibility index (Phi) is 5.94. The van der Waals surface area contributed by atoms with E-state index in [0.717, 1.165) is 11.1 Å². The average Bonchev–Trinajstić information content (AvgIpc) is 2.35. The normalized spacial score (nSPS) is 11.4. The lowest BCUT2D eigenvalue weighted by molar-refractivity contribution is -0.136. The lowest BCUT2D eigenvalue weighted by Crippen LogP contribution is -2.27. The first kappa shape index (κ1) is 15.6. The van der Waals surface area contributed by atoms with Gasteiger partial charge in [0.1, 0.15) is 0 Å². The SMILES string of the molecule is COCc1cccc(CNS(=O)(=O)CCC(=O)O)c1. The first-order valence-electron chi connectivity index (χ1n) is 5.69. The largest absolute Gasteiger partial charge is 0.481 e. The van der Waals surface area contributed by atoms with Gasteiger partial charge in [-0.15, -0.1) is 0 Å². The molecule has 7 heteroatoms. The van der Waals surface area contributed by atoms with Crippen molar-refractivity contribution in [3.05, 3.63) is 35.4 Å². The van der Waals surface area contributed by atoms with Gasteiger partial charge in [0, 0.05) is 13.7 Å². The molecule has 0 unspecified atom stereocenters. The molecule has 0 heterocycles. The van der Waals surface area contributed by atoms with Gasteiger partial charge in [-0.3, -0.25) is 4.79 Å². The number of ether oxygens (including phenoxy) is 1. The number of aliphatic carboxylic acids is 1. The van der Waals surface area contributed by atoms with E-state index in [2.05, 4.69) is 4.72 Å². The van der Waals surface area contributed by atoms with E-state index in [1.165, 1.54) is 0 Å². The summed E-state index contributed by atoms with van der Waals surface area (Å²) >= 11 is 0. The zero-order valence-electron chi connectivity index (χ0n) is 10.6. The highest BCUT2D eigenvalue weighted by molar-refractivity contribution is 7.89. The summed E-state index contributed by atoms with van der Waals surface area (Å²) in [5.41, 5.74) is 1.75. The van der Waals surface area contributed by atoms with Gasteiger partial charge in [0.2, 0.25) is 10.0 Å². The number of carbonyl (C=O) groups is 1. The number of benzene rings is 1. The van der Waals surface area contributed by atoms with Crippen molar-refractivity contribution in [1.29, 1.82) is 0 Å². The monoisotopic (exact) mass is 287 g/mol. The van der Waals surface area contributed by atoms with Crippen LogP contribution in [-0.4, -0.2) is 32.4 Å². The van der Waals surface area contributed by atoms with Gasteiger partial charge in [-0.05, 0) is 11.1 Å². The Morgan fingerprint density at radius 3 is 2.68 bits per heavy atom. The highest BCUT2D eigenvalue weighted by Crippen LogP contribution is 2.06. The van der Waals surface area contributed by atoms with E-state index in [9.17, 15) is 13.2 Å². The number of rotatable bonds is 8. The van der Waals surface area contributed by atoms with Gasteiger partial charge in [-0.25, -0.2) is 13.1 Å². The van der Waals surface area contributed by atoms with Gasteiger partial charge in [0.05, 0.1) is 18.8 Å². The molecule has 1 aromatic rings. The van der Waals surface area contributed by atoms with Crippen molar-refractivity contribution in [3.8, 4) is 0 Å². The molecule has 19 heavy (non-hydrogen) atoms. The van der Waals surface area contributed by atoms with Crippen molar-refractivity contribution in [2.45, 2.75) is 19.6 Å². The lowest BCUT2D eigenvalue weighted by atomic mass is 10.1. The second-order valence-electron chi connectivity index (χ2n) is 4.04. The number of hydrogen-bond acceptors (Lipinski definition) is 4. The maximum Gasteiger partial charge on any atom is 0.304 e. The van der Waals surface area contributed by atoms with E-state index >= 15 is 0 Å². The molecular formula is C12H17NO5S. The molecule has 2 N–H and O–H groups in total. The van der Waals surface area contributed by atoms with Crippen molar-refractivity contribution in [1.82, 2.24) is 4.72 Å². The Bertz CT molecular complexity index is 527. The summed E-state index contributed by atoms with van der Waals surface area (Å²) in [5, 5.41) is 8.45. The maximum atomic E-state index is 11.5. The fourth-order valence-corrected chi connectivity index (χ4v) is 2.46. The summed E-state index contributed by atoms with van der Waals surface area (Å²) in [6.45, 7) is 0.596. The second kappa shape index (κ2) is 7.22. The molecule has 0 atom stereocenters. The molecule has 0 amide bonds. The van der Waals surface area contributed by atoms with Gasteiger partial charge in [0.25, 0.3) is 0 Å². The van der Waals surface area contributed by atoms with E-state index in [1.54, 1.807) is 13.2 Å². The zero-order valence-corrected chi connectivity index (χ0v) is 11.4. The summed E-state index contributed by atoms with van der Waals surface area (Å²) in [7, 11) is -1.98. The van der Waals surface area contributed by atoms with Crippen LogP contribution in [0.15, 0.2) is 24.3 Å². The van der Waals surface area contributed by atoms with Crippen LogP contribution >= 0.6 is 0 Å². The molecular weight excluding hydrogens is 270 g/mol. The Hall–Kier alpha value is -1.44. The van der Waals surface area contributed by atoms with Crippen LogP contribution in [0.1, 0.15) is 17.5 Å². The number of methoxy groups -OCH3 is 1. The van der Waals surface area contributed by atoms with Gasteiger partial charge in [-0.1, -0.05) is 24.3 Å². The third-order valence-electron chi connectivity index (χ3n) is 2.38. The summed E-state index contributed by atoms with van der Waals surface area (Å²) in [6, 6.07) is 7.32. The van der Waals surface area contributed by atoms with E-state index in [1.807, 2.05) is 18.2 Å². The molecule has 0 spiro atoms. The van der Waals surface area contributed by atoms with Crippen LogP contribution in [0.2, 0.25) is 0 Å². The van der Waals surface area contributed by atoms with Crippen LogP contribution in [0.4, 0.5) is 0 Å². The van der Waals surface area contributed by atoms with Crippen LogP contribution in [0.5, 0.6) is 0 Å². The van der Waals surface area contributed by atoms with Crippen molar-refractivity contribution in [3.63, 3.8) is 0 Å². The third kappa shape index (κ3) is 6.32. The standard InChI is InChI=1S/C12H17NO5S/c1-18-9-11-4-2-3-10(7-11)8-13-19(16,17)6-5-12(14)15/h2-4,7,13H,5-6,8-9H2,1H3,(H,14,15). The smallest absolute Gasteiger partial charge is 0.304 e. The quantitative estimate of drug-likeness (QED) is 0.735. The fourth-order valence-electron chi connectivity index (χ4n) is 1.48. The van der Waals surface area contributed by atoms with Crippen LogP contribution in [-0.2, 0) is 32.7 Å². The van der Waals surface area contributed by atoms with Crippen molar-refractivity contribution in [2.75, 3.05) is 12.9 Å². The third-order valence-corrected chi connectivity index (χ3v) is 3.71. The molecule has 6 nitrogen and oxygen atoms in total. The number of sulfonamides is 1. The molecule has 0 saturated carbocycles. The Morgan fingerprint density at radius 1 is 1.37 bits per heavy atom. The van der Waals surface area contributed by atoms with Gasteiger partial charge in [-0.2, -0.15) is 0 Å². The van der Waals surface area contributed by atoms with E-state index < -0.39 is 28.2 Å². The Morgan fingerprint density at radius 2 is 2.05 bits per heavy atom. The molecule has 0 aliphatic heterocycles. The highest BCUT2D eigenvalue weighted by atomic mass is 32.2. The predicted octanol–water partition coefficient (Wildman–Crippen LogP) is 0.727. The van der Waals surface area contributed by atoms with Gasteiger partial charge >= 0.3 is 5.97 Å². The molecule has 0 saturated heterocycles. The zero-order chi connectivity index (χ0) is 14.3. The molecule has 0 fully saturated rings. The van der Waals surface area contributed by atoms with Crippen molar-refractivity contribution in [2.24, 2.45) is 0 Å². The molecule has 1 rings (SSSR count). The Labute approximate surface area is 112 Å². The molecule has 1 aromatic carbocycles. The summed E-state index contributed by atoms with van der Waals surface area (Å²) in [5.74, 6) is -1.55. The first-order valence-corrected chi connectivity index (χ1v) is 7.34. The second-order valence-corrected chi connectivity index (χ2v) is 5.96. The molecule has 0 aliphatic carbocycles. The molecule has 0 aromatic heterocycles. The number of carboxylic acid groups (broad SMARTS) is 1. The summed E-state index contributed by atoms with van der Waals surface area (Å²) in [4.78, 5) is 10.3. The highest BCUT2D eigenvalue weighted by Gasteiger charge is 2.12. The average molecular weight is 287 g/mol. The molecule has 106 valence electrons. The van der Waals surface area contributed by atoms with Crippen molar-refractivity contribution < 1.29 is 23.1 Å². The van der Waals surface area contributed by atoms with Crippen LogP contribution in [0.25, 0.3) is 0 Å². The van der Waals surface area contributed by atoms with Crippen LogP contribution < -0.4 is 4.72 Å². The summed E-state index contributed by atoms with van der Waals surface area (Å²) < 4.78 is 30.4. The molecule has 0 radical (unpaired) electrons. The van der Waals surface area contributed by atoms with E-state index in [4.69, 9.17) is 9.84 Å². The number of nitrogens with one attached hydrogen (secondary N) is 1. The number of carboxylic acids is 1. The first-order chi connectivity index (χ1) is 8.93. The van der Waals surface area contributed by atoms with Gasteiger partial charge < -0.3 is 9.84 Å². The fraction of sp³-hybridized carbons (Fsp3) is 0.417. The molecule has 0 bridgehead atoms. The van der Waals surface area contributed by atoms with Crippen LogP contribution in [0, 0.1) is 0 Å². The lowest BCUT2D eigenvalue weighted by Gasteiger charge is -2.07. The van der Waals surface area contributed by atoms with Gasteiger partial charge in [0.15, 0.2) is 0 Å². The predicted molar refractivity (Wildman–Crippen MR) is 70.0 cm³/mol. The summed E-state index contributed by atoms with van der Waals surface area (Å²) in [6.07, 6.45) is -0.404. The minimum Gasteiger partial charge on any atom is -0.481 e. The Balaban J connectivity index is 2.56. The molecule has 0 aliphatic rings. The van der Waals surface area contributed by atoms with E-state index in [0.29, 0.717) is 6.61 Å². The minimum atomic E-state index is -3.56. The van der Waals surface area contributed by atoms with E-state index in [-0.39, 0.29) is 6.54 Å². The number of hydrogen-bond donors (Lipinski definition) is 2.